The number of carbonyl (C=O) groups excluding carboxylic acids is 2. The van der Waals surface area contributed by atoms with Crippen molar-refractivity contribution in [2.24, 2.45) is 5.73 Å². The van der Waals surface area contributed by atoms with E-state index in [9.17, 15) is 9.59 Å². The third kappa shape index (κ3) is 6.29. The van der Waals surface area contributed by atoms with Crippen molar-refractivity contribution in [2.45, 2.75) is 30.9 Å². The number of ether oxygens (including phenoxy) is 1. The van der Waals surface area contributed by atoms with E-state index in [1.165, 1.54) is 21.9 Å². The van der Waals surface area contributed by atoms with E-state index in [0.717, 1.165) is 18.4 Å². The molecule has 0 bridgehead atoms. The molecule has 1 saturated carbocycles. The Bertz CT molecular complexity index is 1700. The number of carbonyl (C=O) groups is 2. The van der Waals surface area contributed by atoms with Gasteiger partial charge in [0.25, 0.3) is 5.91 Å². The van der Waals surface area contributed by atoms with E-state index < -0.39 is 6.09 Å². The quantitative estimate of drug-likeness (QED) is 0.193. The average Bonchev–Trinajstić information content (AvgIpc) is 3.67. The average molecular weight is 542 g/mol. The molecule has 6 heteroatoms. The van der Waals surface area contributed by atoms with Crippen molar-refractivity contribution in [3.8, 4) is 0 Å². The third-order valence-corrected chi connectivity index (χ3v) is 7.62. The Morgan fingerprint density at radius 1 is 0.732 bits per heavy atom. The van der Waals surface area contributed by atoms with Crippen LogP contribution in [0.4, 0.5) is 16.2 Å². The van der Waals surface area contributed by atoms with Crippen LogP contribution in [0.1, 0.15) is 39.4 Å². The number of benzene rings is 5. The van der Waals surface area contributed by atoms with E-state index in [-0.39, 0.29) is 24.0 Å². The zero-order valence-corrected chi connectivity index (χ0v) is 22.5. The van der Waals surface area contributed by atoms with Crippen LogP contribution in [-0.4, -0.2) is 17.5 Å². The lowest BCUT2D eigenvalue weighted by atomic mass is 9.97. The maximum Gasteiger partial charge on any atom is 0.411 e. The summed E-state index contributed by atoms with van der Waals surface area (Å²) in [6.45, 7) is 0.165. The van der Waals surface area contributed by atoms with Gasteiger partial charge < -0.3 is 15.8 Å². The molecule has 0 saturated heterocycles. The third-order valence-electron chi connectivity index (χ3n) is 7.62. The number of amides is 2. The van der Waals surface area contributed by atoms with Crippen molar-refractivity contribution in [3.63, 3.8) is 0 Å². The first-order chi connectivity index (χ1) is 19.9. The van der Waals surface area contributed by atoms with Gasteiger partial charge in [-0.3, -0.25) is 10.1 Å². The van der Waals surface area contributed by atoms with E-state index in [2.05, 4.69) is 53.1 Å². The molecule has 0 unspecified atom stereocenters. The van der Waals surface area contributed by atoms with E-state index in [4.69, 9.17) is 10.5 Å². The summed E-state index contributed by atoms with van der Waals surface area (Å²) in [5.74, 6) is 0.0121. The summed E-state index contributed by atoms with van der Waals surface area (Å²) in [4.78, 5) is 25.1. The second kappa shape index (κ2) is 11.3. The second-order valence-corrected chi connectivity index (χ2v) is 10.7. The molecule has 6 rings (SSSR count). The summed E-state index contributed by atoms with van der Waals surface area (Å²) in [6, 6.07) is 39.0. The molecular weight excluding hydrogens is 510 g/mol. The highest BCUT2D eigenvalue weighted by Crippen LogP contribution is 2.51. The van der Waals surface area contributed by atoms with Crippen molar-refractivity contribution in [1.29, 1.82) is 0 Å². The van der Waals surface area contributed by atoms with Crippen molar-refractivity contribution in [1.82, 2.24) is 0 Å². The Kier molecular flexibility index (Phi) is 7.23. The van der Waals surface area contributed by atoms with Gasteiger partial charge in [-0.05, 0) is 70.6 Å². The van der Waals surface area contributed by atoms with Gasteiger partial charge in [0.15, 0.2) is 0 Å². The Morgan fingerprint density at radius 2 is 1.49 bits per heavy atom. The number of hydrogen-bond donors (Lipinski definition) is 3. The molecule has 1 fully saturated rings. The summed E-state index contributed by atoms with van der Waals surface area (Å²) in [6.07, 6.45) is 1.17. The van der Waals surface area contributed by atoms with Gasteiger partial charge in [-0.2, -0.15) is 0 Å². The smallest absolute Gasteiger partial charge is 0.411 e. The van der Waals surface area contributed by atoms with Crippen LogP contribution < -0.4 is 16.4 Å². The highest BCUT2D eigenvalue weighted by atomic mass is 16.5. The predicted octanol–water partition coefficient (Wildman–Crippen LogP) is 7.27. The topological polar surface area (TPSA) is 93.5 Å². The van der Waals surface area contributed by atoms with E-state index in [1.807, 2.05) is 54.6 Å². The largest absolute Gasteiger partial charge is 0.444 e. The van der Waals surface area contributed by atoms with Crippen LogP contribution in [0.15, 0.2) is 121 Å². The van der Waals surface area contributed by atoms with E-state index >= 15 is 0 Å². The lowest BCUT2D eigenvalue weighted by Gasteiger charge is -2.13. The van der Waals surface area contributed by atoms with Gasteiger partial charge in [-0.1, -0.05) is 91.0 Å². The Balaban J connectivity index is 1.03. The highest BCUT2D eigenvalue weighted by Gasteiger charge is 2.51. The highest BCUT2D eigenvalue weighted by molar-refractivity contribution is 6.05. The lowest BCUT2D eigenvalue weighted by molar-refractivity contribution is 0.102. The van der Waals surface area contributed by atoms with Crippen molar-refractivity contribution < 1.29 is 14.3 Å². The van der Waals surface area contributed by atoms with Crippen LogP contribution >= 0.6 is 0 Å². The molecule has 0 aliphatic heterocycles. The van der Waals surface area contributed by atoms with Crippen LogP contribution in [0.25, 0.3) is 10.8 Å². The Labute approximate surface area is 239 Å². The van der Waals surface area contributed by atoms with Gasteiger partial charge in [0, 0.05) is 28.4 Å². The zero-order valence-electron chi connectivity index (χ0n) is 22.5. The first-order valence-corrected chi connectivity index (χ1v) is 13.7. The minimum Gasteiger partial charge on any atom is -0.444 e. The van der Waals surface area contributed by atoms with Gasteiger partial charge in [-0.15, -0.1) is 0 Å². The van der Waals surface area contributed by atoms with Crippen LogP contribution in [-0.2, 0) is 17.8 Å². The normalized spacial score (nSPS) is 17.5. The fourth-order valence-corrected chi connectivity index (χ4v) is 5.31. The van der Waals surface area contributed by atoms with Gasteiger partial charge in [0.1, 0.15) is 6.61 Å². The van der Waals surface area contributed by atoms with E-state index in [0.29, 0.717) is 16.9 Å². The number of nitrogens with two attached hydrogens (primary N) is 1. The van der Waals surface area contributed by atoms with Crippen molar-refractivity contribution in [3.05, 3.63) is 144 Å². The van der Waals surface area contributed by atoms with Crippen molar-refractivity contribution >= 4 is 34.1 Å². The first-order valence-electron chi connectivity index (χ1n) is 13.7. The summed E-state index contributed by atoms with van der Waals surface area (Å²) in [5, 5.41) is 8.08. The summed E-state index contributed by atoms with van der Waals surface area (Å²) in [7, 11) is 0. The molecule has 204 valence electrons. The van der Waals surface area contributed by atoms with Gasteiger partial charge >= 0.3 is 6.09 Å². The number of anilines is 2. The fourth-order valence-electron chi connectivity index (χ4n) is 5.31. The van der Waals surface area contributed by atoms with Gasteiger partial charge in [-0.25, -0.2) is 4.79 Å². The SMILES string of the molecule is N[C@]1(Cc2ccc3ccccc3c2)C[C@H]1c1ccc(NC(=O)c2cccc(NC(=O)OCc3ccccc3)c2)cc1. The molecule has 4 N–H and O–H groups in total. The molecule has 5 aromatic carbocycles. The van der Waals surface area contributed by atoms with Gasteiger partial charge in [0.05, 0.1) is 0 Å². The predicted molar refractivity (Wildman–Crippen MR) is 163 cm³/mol. The number of hydrogen-bond acceptors (Lipinski definition) is 4. The number of fused-ring (bicyclic) bond motifs is 1. The van der Waals surface area contributed by atoms with Gasteiger partial charge in [0.2, 0.25) is 0 Å². The van der Waals surface area contributed by atoms with Crippen LogP contribution in [0, 0.1) is 0 Å². The van der Waals surface area contributed by atoms with Crippen LogP contribution in [0.2, 0.25) is 0 Å². The number of rotatable bonds is 8. The molecule has 2 amide bonds. The standard InChI is InChI=1S/C35H31N3O3/c36-35(21-25-13-14-26-9-4-5-10-28(26)19-25)22-32(35)27-15-17-30(18-16-27)37-33(39)29-11-6-12-31(20-29)38-34(40)41-23-24-7-2-1-3-8-24/h1-20,32H,21-23,36H2,(H,37,39)(H,38,40)/t32-,35+/m0/s1. The van der Waals surface area contributed by atoms with E-state index in [1.54, 1.807) is 24.3 Å². The molecule has 41 heavy (non-hydrogen) atoms. The minimum atomic E-state index is -0.585. The summed E-state index contributed by atoms with van der Waals surface area (Å²) < 4.78 is 5.27. The molecule has 0 spiro atoms. The maximum atomic E-state index is 12.9. The van der Waals surface area contributed by atoms with Crippen LogP contribution in [0.3, 0.4) is 0 Å². The first kappa shape index (κ1) is 26.3. The zero-order chi connectivity index (χ0) is 28.2. The van der Waals surface area contributed by atoms with Crippen molar-refractivity contribution in [2.75, 3.05) is 10.6 Å². The van der Waals surface area contributed by atoms with Crippen LogP contribution in [0.5, 0.6) is 0 Å². The number of nitrogens with one attached hydrogen (secondary N) is 2. The Morgan fingerprint density at radius 3 is 2.29 bits per heavy atom. The second-order valence-electron chi connectivity index (χ2n) is 10.7. The monoisotopic (exact) mass is 541 g/mol. The molecule has 1 aliphatic rings. The Hall–Kier alpha value is -4.94. The minimum absolute atomic E-state index is 0.165. The lowest BCUT2D eigenvalue weighted by Crippen LogP contribution is -2.27. The molecule has 2 atom stereocenters. The molecule has 0 heterocycles. The molecule has 5 aromatic rings. The maximum absolute atomic E-state index is 12.9. The molecular formula is C35H31N3O3. The fraction of sp³-hybridized carbons (Fsp3) is 0.143. The summed E-state index contributed by atoms with van der Waals surface area (Å²) in [5.41, 5.74) is 11.4. The molecule has 0 radical (unpaired) electrons. The molecule has 1 aliphatic carbocycles. The molecule has 0 aromatic heterocycles. The summed E-state index contributed by atoms with van der Waals surface area (Å²) >= 11 is 0. The molecule has 6 nitrogen and oxygen atoms in total.